The normalized spacial score (nSPS) is 23.3. The van der Waals surface area contributed by atoms with E-state index in [1.54, 1.807) is 23.1 Å². The summed E-state index contributed by atoms with van der Waals surface area (Å²) < 4.78 is 35.4. The van der Waals surface area contributed by atoms with Gasteiger partial charge in [-0.05, 0) is 43.9 Å². The topological polar surface area (TPSA) is 120 Å². The Morgan fingerprint density at radius 1 is 1.12 bits per heavy atom. The first kappa shape index (κ1) is 28.0. The number of nitrogens with zero attached hydrogens (tertiary/aromatic N) is 4. The number of aliphatic hydroxyl groups is 1. The van der Waals surface area contributed by atoms with E-state index in [2.05, 4.69) is 20.6 Å². The molecule has 2 atom stereocenters. The largest absolute Gasteiger partial charge is 0.495 e. The summed E-state index contributed by atoms with van der Waals surface area (Å²) in [5.41, 5.74) is 1.07. The molecule has 0 radical (unpaired) electrons. The van der Waals surface area contributed by atoms with E-state index < -0.39 is 24.5 Å². The summed E-state index contributed by atoms with van der Waals surface area (Å²) in [7, 11) is 2.79. The monoisotopic (exact) mass is 558 g/mol. The Morgan fingerprint density at radius 3 is 2.58 bits per heavy atom. The number of carbonyl (C=O) groups is 2. The lowest BCUT2D eigenvalue weighted by Crippen LogP contribution is -2.49. The second kappa shape index (κ2) is 11.5. The molecule has 3 aliphatic rings. The van der Waals surface area contributed by atoms with Crippen molar-refractivity contribution in [1.29, 1.82) is 0 Å². The molecule has 1 aromatic heterocycles. The first-order valence-electron chi connectivity index (χ1n) is 13.9. The van der Waals surface area contributed by atoms with Gasteiger partial charge in [0.2, 0.25) is 5.95 Å². The molecular formula is C28H36F2N6O4. The Kier molecular flexibility index (Phi) is 8.07. The number of benzene rings is 1. The van der Waals surface area contributed by atoms with Crippen molar-refractivity contribution in [3.63, 3.8) is 0 Å². The van der Waals surface area contributed by atoms with Crippen LogP contribution in [0.5, 0.6) is 5.75 Å². The Balaban J connectivity index is 1.41. The maximum Gasteiger partial charge on any atom is 0.342 e. The number of halogens is 2. The molecule has 2 saturated carbocycles. The van der Waals surface area contributed by atoms with Crippen LogP contribution in [0.4, 0.5) is 31.9 Å². The molecule has 10 nitrogen and oxygen atoms in total. The van der Waals surface area contributed by atoms with Crippen LogP contribution in [0.1, 0.15) is 68.1 Å². The zero-order valence-electron chi connectivity index (χ0n) is 22.8. The second-order valence-corrected chi connectivity index (χ2v) is 10.9. The summed E-state index contributed by atoms with van der Waals surface area (Å²) in [5, 5.41) is 16.2. The van der Waals surface area contributed by atoms with Crippen molar-refractivity contribution in [1.82, 2.24) is 15.3 Å². The van der Waals surface area contributed by atoms with E-state index in [4.69, 9.17) is 4.74 Å². The van der Waals surface area contributed by atoms with Gasteiger partial charge in [0, 0.05) is 18.7 Å². The Bertz CT molecular complexity index is 1260. The standard InChI is InChI=1S/C28H36F2N6O4/c1-35-21-15-31-27(34-24(21)36(16-28(29,30)26(35)39)18-8-4-3-5-9-18)33-20-13-12-17(14-23(20)40-2)25(38)32-19-10-6-7-11-22(19)37/h12-15,18-19,22,37H,3-11,16H2,1-2H3,(H,32,38)(H,31,33,34)/t19-,22+/m0/s1. The third kappa shape index (κ3) is 5.67. The molecule has 0 saturated heterocycles. The van der Waals surface area contributed by atoms with Gasteiger partial charge in [-0.15, -0.1) is 0 Å². The van der Waals surface area contributed by atoms with Crippen LogP contribution < -0.4 is 25.2 Å². The molecule has 216 valence electrons. The van der Waals surface area contributed by atoms with Gasteiger partial charge in [-0.1, -0.05) is 32.1 Å². The van der Waals surface area contributed by atoms with Crippen molar-refractivity contribution >= 4 is 35.0 Å². The molecule has 5 rings (SSSR count). The Morgan fingerprint density at radius 2 is 1.85 bits per heavy atom. The molecule has 0 bridgehead atoms. The van der Waals surface area contributed by atoms with Gasteiger partial charge >= 0.3 is 5.92 Å². The number of rotatable bonds is 6. The number of alkyl halides is 2. The van der Waals surface area contributed by atoms with Crippen molar-refractivity contribution in [2.75, 3.05) is 35.8 Å². The fraction of sp³-hybridized carbons (Fsp3) is 0.571. The maximum atomic E-state index is 14.9. The predicted octanol–water partition coefficient (Wildman–Crippen LogP) is 4.01. The molecule has 0 spiro atoms. The summed E-state index contributed by atoms with van der Waals surface area (Å²) in [4.78, 5) is 36.8. The number of nitrogens with one attached hydrogen (secondary N) is 2. The molecule has 0 unspecified atom stereocenters. The Hall–Kier alpha value is -3.54. The van der Waals surface area contributed by atoms with Gasteiger partial charge in [0.1, 0.15) is 11.4 Å². The van der Waals surface area contributed by atoms with E-state index in [-0.39, 0.29) is 35.4 Å². The lowest BCUT2D eigenvalue weighted by Gasteiger charge is -2.35. The van der Waals surface area contributed by atoms with Gasteiger partial charge in [-0.25, -0.2) is 4.98 Å². The van der Waals surface area contributed by atoms with Crippen LogP contribution >= 0.6 is 0 Å². The zero-order valence-corrected chi connectivity index (χ0v) is 22.8. The van der Waals surface area contributed by atoms with Gasteiger partial charge in [0.15, 0.2) is 5.82 Å². The average molecular weight is 559 g/mol. The van der Waals surface area contributed by atoms with Gasteiger partial charge in [0.05, 0.1) is 37.7 Å². The van der Waals surface area contributed by atoms with Gasteiger partial charge in [-0.2, -0.15) is 13.8 Å². The van der Waals surface area contributed by atoms with Crippen LogP contribution in [0.3, 0.4) is 0 Å². The summed E-state index contributed by atoms with van der Waals surface area (Å²) >= 11 is 0. The van der Waals surface area contributed by atoms with Crippen molar-refractivity contribution in [2.24, 2.45) is 0 Å². The highest BCUT2D eigenvalue weighted by Gasteiger charge is 2.48. The maximum absolute atomic E-state index is 14.9. The third-order valence-electron chi connectivity index (χ3n) is 8.14. The third-order valence-corrected chi connectivity index (χ3v) is 8.14. The lowest BCUT2D eigenvalue weighted by molar-refractivity contribution is -0.140. The molecule has 2 amide bonds. The highest BCUT2D eigenvalue weighted by Crippen LogP contribution is 2.39. The number of carbonyl (C=O) groups excluding carboxylic acids is 2. The van der Waals surface area contributed by atoms with Crippen LogP contribution in [-0.2, 0) is 4.79 Å². The number of hydrogen-bond donors (Lipinski definition) is 3. The number of anilines is 4. The highest BCUT2D eigenvalue weighted by molar-refractivity contribution is 6.02. The van der Waals surface area contributed by atoms with E-state index in [1.807, 2.05) is 0 Å². The summed E-state index contributed by atoms with van der Waals surface area (Å²) in [6.07, 6.45) is 8.51. The molecule has 2 aromatic rings. The molecule has 12 heteroatoms. The minimum Gasteiger partial charge on any atom is -0.495 e. The number of methoxy groups -OCH3 is 1. The van der Waals surface area contributed by atoms with Crippen LogP contribution in [0.2, 0.25) is 0 Å². The van der Waals surface area contributed by atoms with Gasteiger partial charge in [0.25, 0.3) is 11.8 Å². The second-order valence-electron chi connectivity index (χ2n) is 10.9. The SMILES string of the molecule is COc1cc(C(=O)N[C@H]2CCCC[C@H]2O)ccc1Nc1ncc2c(n1)N(C1CCCCC1)CC(F)(F)C(=O)N2C. The first-order valence-corrected chi connectivity index (χ1v) is 13.9. The smallest absolute Gasteiger partial charge is 0.342 e. The number of fused-ring (bicyclic) bond motifs is 1. The van der Waals surface area contributed by atoms with Crippen molar-refractivity contribution in [3.05, 3.63) is 30.0 Å². The van der Waals surface area contributed by atoms with Crippen molar-refractivity contribution < 1.29 is 28.2 Å². The highest BCUT2D eigenvalue weighted by atomic mass is 19.3. The minimum absolute atomic E-state index is 0.145. The fourth-order valence-corrected chi connectivity index (χ4v) is 5.87. The molecule has 40 heavy (non-hydrogen) atoms. The van der Waals surface area contributed by atoms with E-state index in [0.717, 1.165) is 56.3 Å². The Labute approximate surface area is 232 Å². The molecule has 2 heterocycles. The molecule has 3 N–H and O–H groups in total. The average Bonchev–Trinajstić information content (AvgIpc) is 3.03. The minimum atomic E-state index is -3.56. The van der Waals surface area contributed by atoms with Crippen LogP contribution in [0.25, 0.3) is 0 Å². The van der Waals surface area contributed by atoms with E-state index in [0.29, 0.717) is 23.4 Å². The number of aromatic nitrogens is 2. The van der Waals surface area contributed by atoms with Crippen LogP contribution in [0, 0.1) is 0 Å². The fourth-order valence-electron chi connectivity index (χ4n) is 5.87. The van der Waals surface area contributed by atoms with Crippen LogP contribution in [-0.4, -0.2) is 71.7 Å². The molecule has 2 aliphatic carbocycles. The quantitative estimate of drug-likeness (QED) is 0.487. The summed E-state index contributed by atoms with van der Waals surface area (Å²) in [6, 6.07) is 4.42. The first-order chi connectivity index (χ1) is 19.2. The van der Waals surface area contributed by atoms with Crippen LogP contribution in [0.15, 0.2) is 24.4 Å². The predicted molar refractivity (Wildman–Crippen MR) is 147 cm³/mol. The van der Waals surface area contributed by atoms with Gasteiger partial charge in [-0.3, -0.25) is 9.59 Å². The molecule has 1 aliphatic heterocycles. The molecular weight excluding hydrogens is 522 g/mol. The van der Waals surface area contributed by atoms with E-state index in [1.165, 1.54) is 20.4 Å². The number of aliphatic hydroxyl groups excluding tert-OH is 1. The van der Waals surface area contributed by atoms with E-state index in [9.17, 15) is 23.5 Å². The molecule has 2 fully saturated rings. The lowest BCUT2D eigenvalue weighted by atomic mass is 9.92. The number of ether oxygens (including phenoxy) is 1. The summed E-state index contributed by atoms with van der Waals surface area (Å²) in [5.74, 6) is -4.38. The van der Waals surface area contributed by atoms with E-state index >= 15 is 0 Å². The number of hydrogen-bond acceptors (Lipinski definition) is 8. The van der Waals surface area contributed by atoms with Gasteiger partial charge < -0.3 is 30.3 Å². The van der Waals surface area contributed by atoms with Crippen molar-refractivity contribution in [2.45, 2.75) is 81.9 Å². The zero-order chi connectivity index (χ0) is 28.4. The molecule has 1 aromatic carbocycles. The van der Waals surface area contributed by atoms with Crippen molar-refractivity contribution in [3.8, 4) is 5.75 Å². The summed E-state index contributed by atoms with van der Waals surface area (Å²) in [6.45, 7) is -0.743. The number of amides is 2.